The van der Waals surface area contributed by atoms with Crippen molar-refractivity contribution >= 4 is 22.3 Å². The molecular formula is C33H41N5O2. The summed E-state index contributed by atoms with van der Waals surface area (Å²) >= 11 is 0. The average molecular weight is 540 g/mol. The van der Waals surface area contributed by atoms with Gasteiger partial charge in [-0.2, -0.15) is 0 Å². The molecule has 0 bridgehead atoms. The summed E-state index contributed by atoms with van der Waals surface area (Å²) in [5.41, 5.74) is 7.43. The van der Waals surface area contributed by atoms with Gasteiger partial charge in [0.15, 0.2) is 11.5 Å². The summed E-state index contributed by atoms with van der Waals surface area (Å²) in [4.78, 5) is 15.7. The zero-order valence-electron chi connectivity index (χ0n) is 24.2. The van der Waals surface area contributed by atoms with E-state index in [-0.39, 0.29) is 0 Å². The van der Waals surface area contributed by atoms with Crippen LogP contribution < -0.4 is 19.3 Å². The molecule has 0 unspecified atom stereocenters. The number of hydrogen-bond acceptors (Lipinski definition) is 6. The van der Waals surface area contributed by atoms with Crippen LogP contribution in [0.2, 0.25) is 0 Å². The van der Waals surface area contributed by atoms with Gasteiger partial charge in [0.2, 0.25) is 0 Å². The lowest BCUT2D eigenvalue weighted by atomic mass is 9.95. The standard InChI is InChI=1S/C33H41N5O2/c1-23(2)32-28-22-27(6-7-29(28)35-33(32)24-5-8-30(39-3)31(21-24)40-4)36-15-11-26(12-16-36)38-19-17-37(18-20-38)25-9-13-34-14-10-25/h5-10,13-14,21-23,26,35H,11-12,15-20H2,1-4H3. The van der Waals surface area contributed by atoms with E-state index in [1.807, 2.05) is 18.5 Å². The number of fused-ring (bicyclic) bond motifs is 1. The minimum atomic E-state index is 0.378. The van der Waals surface area contributed by atoms with Crippen molar-refractivity contribution in [1.82, 2.24) is 14.9 Å². The minimum absolute atomic E-state index is 0.378. The molecule has 2 aromatic carbocycles. The van der Waals surface area contributed by atoms with E-state index < -0.39 is 0 Å². The Morgan fingerprint density at radius 2 is 1.48 bits per heavy atom. The molecule has 2 fully saturated rings. The van der Waals surface area contributed by atoms with Crippen molar-refractivity contribution < 1.29 is 9.47 Å². The van der Waals surface area contributed by atoms with Crippen LogP contribution in [0.1, 0.15) is 38.2 Å². The second-order valence-corrected chi connectivity index (χ2v) is 11.3. The van der Waals surface area contributed by atoms with Crippen LogP contribution in [0.15, 0.2) is 60.9 Å². The fourth-order valence-electron chi connectivity index (χ4n) is 6.61. The van der Waals surface area contributed by atoms with Crippen molar-refractivity contribution in [3.63, 3.8) is 0 Å². The Labute approximate surface area is 237 Å². The minimum Gasteiger partial charge on any atom is -0.493 e. The second-order valence-electron chi connectivity index (χ2n) is 11.3. The lowest BCUT2D eigenvalue weighted by Gasteiger charge is -2.43. The maximum absolute atomic E-state index is 5.60. The zero-order chi connectivity index (χ0) is 27.6. The van der Waals surface area contributed by atoms with Crippen LogP contribution in [0.3, 0.4) is 0 Å². The van der Waals surface area contributed by atoms with Crippen LogP contribution in [-0.2, 0) is 0 Å². The van der Waals surface area contributed by atoms with Gasteiger partial charge >= 0.3 is 0 Å². The molecule has 2 aliphatic rings. The number of piperidine rings is 1. The van der Waals surface area contributed by atoms with Crippen LogP contribution >= 0.6 is 0 Å². The molecule has 0 spiro atoms. The highest BCUT2D eigenvalue weighted by atomic mass is 16.5. The number of hydrogen-bond donors (Lipinski definition) is 1. The SMILES string of the molecule is COc1ccc(-c2[nH]c3ccc(N4CCC(N5CCN(c6ccncc6)CC5)CC4)cc3c2C(C)C)cc1OC. The van der Waals surface area contributed by atoms with Gasteiger partial charge in [-0.05, 0) is 72.9 Å². The van der Waals surface area contributed by atoms with Crippen molar-refractivity contribution in [2.45, 2.75) is 38.6 Å². The van der Waals surface area contributed by atoms with Gasteiger partial charge in [-0.15, -0.1) is 0 Å². The van der Waals surface area contributed by atoms with E-state index >= 15 is 0 Å². The predicted octanol–water partition coefficient (Wildman–Crippen LogP) is 6.16. The normalized spacial score (nSPS) is 17.1. The molecule has 0 aliphatic carbocycles. The first-order chi connectivity index (χ1) is 19.6. The lowest BCUT2D eigenvalue weighted by molar-refractivity contribution is 0.160. The Balaban J connectivity index is 1.16. The van der Waals surface area contributed by atoms with Crippen LogP contribution in [0, 0.1) is 0 Å². The number of rotatable bonds is 7. The first-order valence-electron chi connectivity index (χ1n) is 14.6. The highest BCUT2D eigenvalue weighted by Crippen LogP contribution is 2.40. The summed E-state index contributed by atoms with van der Waals surface area (Å²) in [7, 11) is 3.36. The number of aromatic amines is 1. The van der Waals surface area contributed by atoms with Gasteiger partial charge in [-0.3, -0.25) is 9.88 Å². The largest absolute Gasteiger partial charge is 0.493 e. The number of aromatic nitrogens is 2. The topological polar surface area (TPSA) is 56.9 Å². The number of nitrogens with zero attached hydrogens (tertiary/aromatic N) is 4. The van der Waals surface area contributed by atoms with Gasteiger partial charge in [0.25, 0.3) is 0 Å². The van der Waals surface area contributed by atoms with E-state index in [4.69, 9.17) is 9.47 Å². The third-order valence-electron chi connectivity index (χ3n) is 8.76. The molecule has 7 nitrogen and oxygen atoms in total. The van der Waals surface area contributed by atoms with E-state index in [0.717, 1.165) is 62.0 Å². The summed E-state index contributed by atoms with van der Waals surface area (Å²) in [6.45, 7) is 11.2. The number of nitrogens with one attached hydrogen (secondary N) is 1. The van der Waals surface area contributed by atoms with Gasteiger partial charge in [0, 0.05) is 85.5 Å². The first kappa shape index (κ1) is 26.5. The Morgan fingerprint density at radius 1 is 0.775 bits per heavy atom. The van der Waals surface area contributed by atoms with Crippen LogP contribution in [-0.4, -0.2) is 74.4 Å². The molecule has 6 rings (SSSR count). The number of H-pyrrole nitrogens is 1. The van der Waals surface area contributed by atoms with E-state index in [2.05, 4.69) is 81.0 Å². The van der Waals surface area contributed by atoms with Crippen molar-refractivity contribution in [2.75, 3.05) is 63.3 Å². The zero-order valence-corrected chi connectivity index (χ0v) is 24.2. The Bertz CT molecular complexity index is 1430. The highest BCUT2D eigenvalue weighted by molar-refractivity contribution is 5.94. The smallest absolute Gasteiger partial charge is 0.161 e. The number of anilines is 2. The van der Waals surface area contributed by atoms with Crippen molar-refractivity contribution in [3.05, 3.63) is 66.5 Å². The van der Waals surface area contributed by atoms with Crippen molar-refractivity contribution in [2.24, 2.45) is 0 Å². The molecule has 2 aromatic heterocycles. The maximum Gasteiger partial charge on any atom is 0.161 e. The molecule has 7 heteroatoms. The van der Waals surface area contributed by atoms with E-state index in [1.54, 1.807) is 14.2 Å². The number of ether oxygens (including phenoxy) is 2. The van der Waals surface area contributed by atoms with Gasteiger partial charge < -0.3 is 24.3 Å². The molecule has 2 saturated heterocycles. The fourth-order valence-corrected chi connectivity index (χ4v) is 6.61. The van der Waals surface area contributed by atoms with Gasteiger partial charge in [-0.1, -0.05) is 13.8 Å². The van der Waals surface area contributed by atoms with Crippen LogP contribution in [0.4, 0.5) is 11.4 Å². The molecule has 210 valence electrons. The van der Waals surface area contributed by atoms with Crippen LogP contribution in [0.25, 0.3) is 22.2 Å². The summed E-state index contributed by atoms with van der Waals surface area (Å²) in [6, 6.07) is 18.0. The summed E-state index contributed by atoms with van der Waals surface area (Å²) in [5, 5.41) is 1.31. The predicted molar refractivity (Wildman–Crippen MR) is 164 cm³/mol. The summed E-state index contributed by atoms with van der Waals surface area (Å²) in [5.74, 6) is 1.87. The molecule has 1 N–H and O–H groups in total. The van der Waals surface area contributed by atoms with E-state index in [1.165, 1.54) is 40.7 Å². The fraction of sp³-hybridized carbons (Fsp3) is 0.424. The lowest BCUT2D eigenvalue weighted by Crippen LogP contribution is -2.53. The van der Waals surface area contributed by atoms with Crippen LogP contribution in [0.5, 0.6) is 11.5 Å². The van der Waals surface area contributed by atoms with Crippen molar-refractivity contribution in [1.29, 1.82) is 0 Å². The number of piperazine rings is 1. The highest BCUT2D eigenvalue weighted by Gasteiger charge is 2.28. The Morgan fingerprint density at radius 3 is 2.15 bits per heavy atom. The number of benzene rings is 2. The number of pyridine rings is 1. The first-order valence-corrected chi connectivity index (χ1v) is 14.6. The Hall–Kier alpha value is -3.71. The molecule has 0 radical (unpaired) electrons. The van der Waals surface area contributed by atoms with E-state index in [0.29, 0.717) is 12.0 Å². The molecule has 4 aromatic rings. The average Bonchev–Trinajstić information content (AvgIpc) is 3.40. The third-order valence-corrected chi connectivity index (χ3v) is 8.76. The second kappa shape index (κ2) is 11.4. The van der Waals surface area contributed by atoms with Gasteiger partial charge in [0.05, 0.1) is 19.9 Å². The molecule has 2 aliphatic heterocycles. The van der Waals surface area contributed by atoms with Crippen molar-refractivity contribution in [3.8, 4) is 22.8 Å². The molecule has 0 amide bonds. The molecule has 40 heavy (non-hydrogen) atoms. The maximum atomic E-state index is 5.60. The third kappa shape index (κ3) is 5.10. The van der Waals surface area contributed by atoms with Gasteiger partial charge in [0.1, 0.15) is 0 Å². The summed E-state index contributed by atoms with van der Waals surface area (Å²) in [6.07, 6.45) is 6.22. The molecular weight excluding hydrogens is 498 g/mol. The Kier molecular flexibility index (Phi) is 7.57. The quantitative estimate of drug-likeness (QED) is 0.304. The monoisotopic (exact) mass is 539 g/mol. The molecule has 0 atom stereocenters. The number of methoxy groups -OCH3 is 2. The van der Waals surface area contributed by atoms with E-state index in [9.17, 15) is 0 Å². The molecule has 0 saturated carbocycles. The molecule has 4 heterocycles. The van der Waals surface area contributed by atoms with Gasteiger partial charge in [-0.25, -0.2) is 0 Å². The summed E-state index contributed by atoms with van der Waals surface area (Å²) < 4.78 is 11.1.